The van der Waals surface area contributed by atoms with Gasteiger partial charge in [0, 0.05) is 0 Å². The normalized spacial score (nSPS) is 10.9. The maximum absolute atomic E-state index is 9.37. The van der Waals surface area contributed by atoms with E-state index in [1.807, 2.05) is 54.6 Å². The van der Waals surface area contributed by atoms with Gasteiger partial charge in [-0.2, -0.15) is 0 Å². The van der Waals surface area contributed by atoms with E-state index in [1.165, 1.54) is 39.0 Å². The van der Waals surface area contributed by atoms with Gasteiger partial charge in [-0.15, -0.1) is 0 Å². The zero-order chi connectivity index (χ0) is 26.9. The van der Waals surface area contributed by atoms with Gasteiger partial charge in [-0.25, -0.2) is 0 Å². The molecule has 0 aliphatic heterocycles. The summed E-state index contributed by atoms with van der Waals surface area (Å²) in [5.74, 6) is 0.519. The third kappa shape index (κ3) is 14.8. The number of aliphatic hydroxyl groups excluding tert-OH is 3. The molecular formula is C30H33GaO6+6. The molecule has 6 nitrogen and oxygen atoms in total. The van der Waals surface area contributed by atoms with Crippen LogP contribution in [0.25, 0.3) is 0 Å². The molecule has 0 aliphatic carbocycles. The summed E-state index contributed by atoms with van der Waals surface area (Å²) < 4.78 is 0. The molecule has 0 bridgehead atoms. The fourth-order valence-corrected chi connectivity index (χ4v) is 2.67. The SMILES string of the molecule is C/C(O)=C/C(=[OH+])c1ccccc1.C/C(O)=C/C(=[OH+])c1ccccc1.C/C(O)=C/C(=[OH+])c1ccccc1.[Ga+3]. The Hall–Kier alpha value is -4.07. The molecule has 0 radical (unpaired) electrons. The van der Waals surface area contributed by atoms with Crippen molar-refractivity contribution >= 4 is 37.1 Å². The third-order valence-corrected chi connectivity index (χ3v) is 4.25. The van der Waals surface area contributed by atoms with Crippen LogP contribution in [0.4, 0.5) is 0 Å². The second-order valence-corrected chi connectivity index (χ2v) is 7.61. The molecule has 3 aromatic carbocycles. The van der Waals surface area contributed by atoms with Crippen LogP contribution in [0.2, 0.25) is 0 Å². The molecule has 0 fully saturated rings. The first kappa shape index (κ1) is 32.9. The monoisotopic (exact) mass is 558 g/mol. The van der Waals surface area contributed by atoms with Crippen LogP contribution in [-0.2, 0) is 0 Å². The number of hydrogen-bond donors (Lipinski definition) is 3. The number of carbonyl (C=O) groups excluding carboxylic acids is 3. The predicted octanol–water partition coefficient (Wildman–Crippen LogP) is 5.74. The molecule has 0 aliphatic rings. The van der Waals surface area contributed by atoms with E-state index in [4.69, 9.17) is 15.3 Å². The summed E-state index contributed by atoms with van der Waals surface area (Å²) in [5, 5.41) is 26.6. The maximum Gasteiger partial charge on any atom is 3.00 e. The van der Waals surface area contributed by atoms with E-state index >= 15 is 0 Å². The fraction of sp³-hybridized carbons (Fsp3) is 0.100. The Morgan fingerprint density at radius 3 is 0.811 bits per heavy atom. The minimum atomic E-state index is 0. The maximum atomic E-state index is 9.37. The molecule has 0 saturated heterocycles. The van der Waals surface area contributed by atoms with E-state index in [0.29, 0.717) is 16.7 Å². The number of rotatable bonds is 6. The summed E-state index contributed by atoms with van der Waals surface area (Å²) in [7, 11) is 0. The van der Waals surface area contributed by atoms with Crippen LogP contribution in [0.5, 0.6) is 0 Å². The first-order valence-corrected chi connectivity index (χ1v) is 11.1. The van der Waals surface area contributed by atoms with E-state index in [9.17, 15) is 14.4 Å². The molecule has 0 saturated carbocycles. The molecule has 0 aromatic heterocycles. The van der Waals surface area contributed by atoms with Crippen molar-refractivity contribution in [3.8, 4) is 0 Å². The largest absolute Gasteiger partial charge is 3.00 e. The van der Waals surface area contributed by atoms with Crippen LogP contribution in [0, 0.1) is 0 Å². The van der Waals surface area contributed by atoms with Crippen molar-refractivity contribution in [3.63, 3.8) is 0 Å². The molecule has 0 atom stereocenters. The molecular weight excluding hydrogens is 526 g/mol. The van der Waals surface area contributed by atoms with Crippen LogP contribution in [0.3, 0.4) is 0 Å². The summed E-state index contributed by atoms with van der Waals surface area (Å²) >= 11 is 0. The van der Waals surface area contributed by atoms with E-state index < -0.39 is 0 Å². The van der Waals surface area contributed by atoms with E-state index in [-0.39, 0.29) is 54.4 Å². The second-order valence-electron chi connectivity index (χ2n) is 7.61. The first-order valence-electron chi connectivity index (χ1n) is 11.1. The van der Waals surface area contributed by atoms with Gasteiger partial charge < -0.3 is 15.3 Å². The van der Waals surface area contributed by atoms with Gasteiger partial charge in [0.2, 0.25) is 0 Å². The van der Waals surface area contributed by atoms with Crippen LogP contribution in [-0.4, -0.2) is 66.8 Å². The Morgan fingerprint density at radius 2 is 0.649 bits per heavy atom. The van der Waals surface area contributed by atoms with Crippen molar-refractivity contribution in [3.05, 3.63) is 143 Å². The topological polar surface area (TPSA) is 125 Å². The zero-order valence-electron chi connectivity index (χ0n) is 21.2. The summed E-state index contributed by atoms with van der Waals surface area (Å²) in [6.07, 6.45) is 3.94. The first-order chi connectivity index (χ1) is 17.1. The molecule has 0 heterocycles. The molecule has 0 spiro atoms. The van der Waals surface area contributed by atoms with E-state index in [0.717, 1.165) is 0 Å². The Bertz CT molecular complexity index is 1050. The van der Waals surface area contributed by atoms with Crippen molar-refractivity contribution in [2.45, 2.75) is 20.8 Å². The summed E-state index contributed by atoms with van der Waals surface area (Å²) in [4.78, 5) is 28.1. The van der Waals surface area contributed by atoms with Gasteiger partial charge in [0.05, 0.1) is 52.2 Å². The summed E-state index contributed by atoms with van der Waals surface area (Å²) in [6.45, 7) is 4.54. The van der Waals surface area contributed by atoms with Gasteiger partial charge in [-0.1, -0.05) is 54.6 Å². The Labute approximate surface area is 230 Å². The predicted molar refractivity (Wildman–Crippen MR) is 152 cm³/mol. The molecule has 3 rings (SSSR count). The number of allylic oxidation sites excluding steroid dienone is 6. The van der Waals surface area contributed by atoms with Crippen molar-refractivity contribution in [1.82, 2.24) is 0 Å². The van der Waals surface area contributed by atoms with Crippen LogP contribution in [0.15, 0.2) is 127 Å². The molecule has 7 heteroatoms. The van der Waals surface area contributed by atoms with Gasteiger partial charge >= 0.3 is 37.1 Å². The van der Waals surface area contributed by atoms with Crippen LogP contribution >= 0.6 is 0 Å². The smallest absolute Gasteiger partial charge is 0.512 e. The van der Waals surface area contributed by atoms with Gasteiger partial charge in [-0.3, -0.25) is 14.4 Å². The molecule has 3 aromatic rings. The average molecular weight is 559 g/mol. The zero-order valence-corrected chi connectivity index (χ0v) is 23.6. The number of aliphatic hydroxyl groups is 3. The van der Waals surface area contributed by atoms with Gasteiger partial charge in [0.1, 0.15) is 0 Å². The van der Waals surface area contributed by atoms with Crippen molar-refractivity contribution in [2.24, 2.45) is 0 Å². The van der Waals surface area contributed by atoms with Crippen molar-refractivity contribution in [2.75, 3.05) is 0 Å². The quantitative estimate of drug-likeness (QED) is 0.117. The fourth-order valence-electron chi connectivity index (χ4n) is 2.67. The van der Waals surface area contributed by atoms with Crippen molar-refractivity contribution in [1.29, 1.82) is 0 Å². The molecule has 37 heavy (non-hydrogen) atoms. The van der Waals surface area contributed by atoms with E-state index in [1.54, 1.807) is 36.4 Å². The number of ketones is 3. The number of hydrogen-bond acceptors (Lipinski definition) is 3. The van der Waals surface area contributed by atoms with Gasteiger partial charge in [0.25, 0.3) is 0 Å². The van der Waals surface area contributed by atoms with E-state index in [2.05, 4.69) is 0 Å². The Balaban J connectivity index is 0.000000518. The molecule has 0 unspecified atom stereocenters. The standard InChI is InChI=1S/3C10H10O2.Ga/c3*1-8(11)7-10(12)9-5-3-2-4-6-9;/h3*2-7,11H,1H3;/q;;;+3/p+3/b3*8-7-;. The number of benzene rings is 3. The van der Waals surface area contributed by atoms with Gasteiger partial charge in [-0.05, 0) is 57.2 Å². The Kier molecular flexibility index (Phi) is 16.2. The minimum Gasteiger partial charge on any atom is -0.512 e. The summed E-state index contributed by atoms with van der Waals surface area (Å²) in [5.41, 5.74) is 2.10. The second kappa shape index (κ2) is 18.2. The molecule has 6 N–H and O–H groups in total. The summed E-state index contributed by atoms with van der Waals surface area (Å²) in [6, 6.07) is 27.2. The average Bonchev–Trinajstić information content (AvgIpc) is 2.85. The third-order valence-electron chi connectivity index (χ3n) is 4.25. The van der Waals surface area contributed by atoms with Crippen molar-refractivity contribution < 1.29 is 29.7 Å². The minimum absolute atomic E-state index is 0. The van der Waals surface area contributed by atoms with Crippen LogP contribution in [0.1, 0.15) is 37.5 Å². The van der Waals surface area contributed by atoms with Crippen LogP contribution < -0.4 is 0 Å². The molecule has 0 amide bonds. The van der Waals surface area contributed by atoms with Gasteiger partial charge in [0.15, 0.2) is 0 Å². The Morgan fingerprint density at radius 1 is 0.459 bits per heavy atom. The molecule has 186 valence electrons.